The summed E-state index contributed by atoms with van der Waals surface area (Å²) in [6, 6.07) is 0. The fourth-order valence-corrected chi connectivity index (χ4v) is 1.61. The van der Waals surface area contributed by atoms with E-state index in [9.17, 15) is 8.42 Å². The lowest BCUT2D eigenvalue weighted by Gasteiger charge is -2.02. The van der Waals surface area contributed by atoms with E-state index in [1.165, 1.54) is 0 Å². The monoisotopic (exact) mass is 195 g/mol. The van der Waals surface area contributed by atoms with Crippen LogP contribution in [0.4, 0.5) is 0 Å². The van der Waals surface area contributed by atoms with Crippen molar-refractivity contribution in [3.63, 3.8) is 0 Å². The van der Waals surface area contributed by atoms with E-state index in [2.05, 4.69) is 9.88 Å². The van der Waals surface area contributed by atoms with Gasteiger partial charge in [0.1, 0.15) is 0 Å². The van der Waals surface area contributed by atoms with Crippen molar-refractivity contribution in [1.29, 1.82) is 0 Å². The fourth-order valence-electron chi connectivity index (χ4n) is 0.560. The molecule has 0 atom stereocenters. The minimum Gasteiger partial charge on any atom is -0.409 e. The van der Waals surface area contributed by atoms with Gasteiger partial charge in [0.15, 0.2) is 5.84 Å². The molecule has 0 aliphatic carbocycles. The second kappa shape index (κ2) is 4.94. The van der Waals surface area contributed by atoms with Crippen molar-refractivity contribution in [1.82, 2.24) is 4.72 Å². The average molecular weight is 195 g/mol. The van der Waals surface area contributed by atoms with E-state index in [0.29, 0.717) is 6.42 Å². The molecule has 0 bridgehead atoms. The van der Waals surface area contributed by atoms with Gasteiger partial charge in [-0.25, -0.2) is 13.1 Å². The fraction of sp³-hybridized carbons (Fsp3) is 0.800. The number of rotatable bonds is 5. The second-order valence-corrected chi connectivity index (χ2v) is 4.16. The van der Waals surface area contributed by atoms with Gasteiger partial charge >= 0.3 is 0 Å². The molecule has 0 aliphatic heterocycles. The van der Waals surface area contributed by atoms with Crippen LogP contribution >= 0.6 is 0 Å². The normalized spacial score (nSPS) is 13.2. The number of sulfonamides is 1. The molecular weight excluding hydrogens is 182 g/mol. The third-order valence-electron chi connectivity index (χ3n) is 1.07. The largest absolute Gasteiger partial charge is 0.409 e. The Labute approximate surface area is 71.5 Å². The zero-order valence-corrected chi connectivity index (χ0v) is 7.63. The molecule has 0 saturated carbocycles. The lowest BCUT2D eigenvalue weighted by atomic mass is 10.6. The highest BCUT2D eigenvalue weighted by molar-refractivity contribution is 7.89. The van der Waals surface area contributed by atoms with Gasteiger partial charge in [0.05, 0.1) is 12.3 Å². The van der Waals surface area contributed by atoms with Crippen LogP contribution in [-0.4, -0.2) is 31.8 Å². The van der Waals surface area contributed by atoms with Gasteiger partial charge in [-0.05, 0) is 6.42 Å². The van der Waals surface area contributed by atoms with Gasteiger partial charge in [0.25, 0.3) is 0 Å². The van der Waals surface area contributed by atoms with Gasteiger partial charge in [0, 0.05) is 0 Å². The maximum Gasteiger partial charge on any atom is 0.211 e. The molecule has 0 amide bonds. The van der Waals surface area contributed by atoms with Crippen LogP contribution in [0, 0.1) is 0 Å². The van der Waals surface area contributed by atoms with Crippen molar-refractivity contribution in [3.05, 3.63) is 0 Å². The third-order valence-corrected chi connectivity index (χ3v) is 2.60. The standard InChI is InChI=1S/C5H13N3O3S/c1-2-3-12(10,11)7-4-5(6)8-9/h7,9H,2-4H2,1H3,(H2,6,8). The summed E-state index contributed by atoms with van der Waals surface area (Å²) < 4.78 is 24.1. The third kappa shape index (κ3) is 4.91. The Balaban J connectivity index is 3.93. The minimum absolute atomic E-state index is 0.0473. The zero-order chi connectivity index (χ0) is 9.61. The lowest BCUT2D eigenvalue weighted by molar-refractivity contribution is 0.317. The number of oxime groups is 1. The van der Waals surface area contributed by atoms with Crippen molar-refractivity contribution in [2.45, 2.75) is 13.3 Å². The predicted octanol–water partition coefficient (Wildman–Crippen LogP) is -0.938. The maximum absolute atomic E-state index is 10.9. The molecular formula is C5H13N3O3S. The summed E-state index contributed by atoms with van der Waals surface area (Å²) in [6.45, 7) is 1.60. The molecule has 6 nitrogen and oxygen atoms in total. The molecule has 0 heterocycles. The summed E-state index contributed by atoms with van der Waals surface area (Å²) in [5.41, 5.74) is 5.05. The van der Waals surface area contributed by atoms with Crippen molar-refractivity contribution in [3.8, 4) is 0 Å². The zero-order valence-electron chi connectivity index (χ0n) is 6.82. The molecule has 0 aromatic rings. The van der Waals surface area contributed by atoms with E-state index < -0.39 is 10.0 Å². The molecule has 0 rings (SSSR count). The number of nitrogens with zero attached hydrogens (tertiary/aromatic N) is 1. The summed E-state index contributed by atoms with van der Waals surface area (Å²) >= 11 is 0. The van der Waals surface area contributed by atoms with Crippen molar-refractivity contribution in [2.24, 2.45) is 10.9 Å². The van der Waals surface area contributed by atoms with Crippen molar-refractivity contribution in [2.75, 3.05) is 12.3 Å². The topological polar surface area (TPSA) is 105 Å². The van der Waals surface area contributed by atoms with Crippen LogP contribution in [0.1, 0.15) is 13.3 Å². The number of nitrogens with two attached hydrogens (primary N) is 1. The first-order valence-corrected chi connectivity index (χ1v) is 5.10. The number of nitrogens with one attached hydrogen (secondary N) is 1. The van der Waals surface area contributed by atoms with Gasteiger partial charge in [-0.3, -0.25) is 0 Å². The number of hydrogen-bond donors (Lipinski definition) is 3. The van der Waals surface area contributed by atoms with Gasteiger partial charge in [-0.2, -0.15) is 0 Å². The number of amidine groups is 1. The van der Waals surface area contributed by atoms with Crippen LogP contribution in [0.25, 0.3) is 0 Å². The molecule has 0 radical (unpaired) electrons. The molecule has 0 aromatic heterocycles. The Bertz CT molecular complexity index is 247. The van der Waals surface area contributed by atoms with Gasteiger partial charge in [0.2, 0.25) is 10.0 Å². The molecule has 4 N–H and O–H groups in total. The SMILES string of the molecule is CCCS(=O)(=O)NC/C(N)=N/O. The van der Waals surface area contributed by atoms with E-state index in [-0.39, 0.29) is 18.1 Å². The van der Waals surface area contributed by atoms with E-state index >= 15 is 0 Å². The molecule has 7 heteroatoms. The molecule has 0 spiro atoms. The van der Waals surface area contributed by atoms with E-state index in [4.69, 9.17) is 10.9 Å². The van der Waals surface area contributed by atoms with Crippen molar-refractivity contribution < 1.29 is 13.6 Å². The van der Waals surface area contributed by atoms with Gasteiger partial charge in [-0.15, -0.1) is 0 Å². The first-order valence-electron chi connectivity index (χ1n) is 3.45. The molecule has 12 heavy (non-hydrogen) atoms. The smallest absolute Gasteiger partial charge is 0.211 e. The molecule has 72 valence electrons. The Morgan fingerprint density at radius 3 is 2.67 bits per heavy atom. The number of hydrogen-bond acceptors (Lipinski definition) is 4. The first-order chi connectivity index (χ1) is 5.52. The van der Waals surface area contributed by atoms with Gasteiger partial charge in [-0.1, -0.05) is 12.1 Å². The Hall–Kier alpha value is -0.820. The molecule has 0 aliphatic rings. The first kappa shape index (κ1) is 11.2. The van der Waals surface area contributed by atoms with Crippen molar-refractivity contribution >= 4 is 15.9 Å². The molecule has 0 aromatic carbocycles. The quantitative estimate of drug-likeness (QED) is 0.228. The minimum atomic E-state index is -3.26. The summed E-state index contributed by atoms with van der Waals surface area (Å²) in [6.07, 6.45) is 0.533. The highest BCUT2D eigenvalue weighted by atomic mass is 32.2. The summed E-state index contributed by atoms with van der Waals surface area (Å²) in [5.74, 6) is -0.110. The maximum atomic E-state index is 10.9. The Morgan fingerprint density at radius 2 is 2.25 bits per heavy atom. The summed E-state index contributed by atoms with van der Waals surface area (Å²) in [4.78, 5) is 0. The lowest BCUT2D eigenvalue weighted by Crippen LogP contribution is -2.34. The van der Waals surface area contributed by atoms with E-state index in [1.54, 1.807) is 6.92 Å². The molecule has 0 fully saturated rings. The van der Waals surface area contributed by atoms with Crippen LogP contribution in [0.15, 0.2) is 5.16 Å². The Morgan fingerprint density at radius 1 is 1.67 bits per heavy atom. The average Bonchev–Trinajstić information content (AvgIpc) is 2.00. The van der Waals surface area contributed by atoms with E-state index in [0.717, 1.165) is 0 Å². The predicted molar refractivity (Wildman–Crippen MR) is 45.5 cm³/mol. The second-order valence-electron chi connectivity index (χ2n) is 2.23. The highest BCUT2D eigenvalue weighted by Crippen LogP contribution is 1.86. The van der Waals surface area contributed by atoms with Crippen LogP contribution < -0.4 is 10.5 Å². The molecule has 0 saturated heterocycles. The van der Waals surface area contributed by atoms with Crippen LogP contribution in [0.2, 0.25) is 0 Å². The summed E-state index contributed by atoms with van der Waals surface area (Å²) in [7, 11) is -3.26. The van der Waals surface area contributed by atoms with Crippen LogP contribution in [-0.2, 0) is 10.0 Å². The van der Waals surface area contributed by atoms with Crippen LogP contribution in [0.5, 0.6) is 0 Å². The Kier molecular flexibility index (Phi) is 4.60. The van der Waals surface area contributed by atoms with Crippen LogP contribution in [0.3, 0.4) is 0 Å². The van der Waals surface area contributed by atoms with E-state index in [1.807, 2.05) is 0 Å². The molecule has 0 unspecified atom stereocenters. The van der Waals surface area contributed by atoms with Gasteiger partial charge < -0.3 is 10.9 Å². The highest BCUT2D eigenvalue weighted by Gasteiger charge is 2.07. The summed E-state index contributed by atoms with van der Waals surface area (Å²) in [5, 5.41) is 10.7.